The molecule has 0 fully saturated rings. The number of methoxy groups -OCH3 is 1. The highest BCUT2D eigenvalue weighted by atomic mass is 16.6. The summed E-state index contributed by atoms with van der Waals surface area (Å²) in [6.45, 7) is 1.54. The number of hydrazone groups is 1. The molecule has 12 nitrogen and oxygen atoms in total. The van der Waals surface area contributed by atoms with Crippen molar-refractivity contribution in [3.8, 4) is 5.75 Å². The molecule has 0 saturated carbocycles. The Morgan fingerprint density at radius 1 is 0.963 bits per heavy atom. The van der Waals surface area contributed by atoms with Crippen LogP contribution in [0.4, 0.5) is 22.7 Å². The van der Waals surface area contributed by atoms with Crippen LogP contribution in [0.2, 0.25) is 0 Å². The van der Waals surface area contributed by atoms with Crippen LogP contribution in [0.25, 0.3) is 0 Å². The maximum atomic E-state index is 11.1. The molecule has 12 heteroatoms. The van der Waals surface area contributed by atoms with Crippen LogP contribution in [0.3, 0.4) is 0 Å². The molecule has 0 unspecified atom stereocenters. The fourth-order valence-corrected chi connectivity index (χ4v) is 2.15. The Balaban J connectivity index is 2.35. The van der Waals surface area contributed by atoms with E-state index in [1.54, 1.807) is 0 Å². The first-order valence-corrected chi connectivity index (χ1v) is 7.30. The Morgan fingerprint density at radius 3 is 2.19 bits per heavy atom. The number of non-ortho nitro benzene ring substituents is 1. The van der Waals surface area contributed by atoms with Gasteiger partial charge in [0.15, 0.2) is 5.75 Å². The average Bonchev–Trinajstić information content (AvgIpc) is 2.65. The molecule has 2 aromatic rings. The first kappa shape index (κ1) is 19.2. The van der Waals surface area contributed by atoms with E-state index in [4.69, 9.17) is 4.74 Å². The number of hydrogen-bond acceptors (Lipinski definition) is 9. The van der Waals surface area contributed by atoms with Gasteiger partial charge in [-0.25, -0.2) is 0 Å². The lowest BCUT2D eigenvalue weighted by molar-refractivity contribution is -0.393. The zero-order chi connectivity index (χ0) is 20.1. The zero-order valence-corrected chi connectivity index (χ0v) is 14.1. The second-order valence-electron chi connectivity index (χ2n) is 5.17. The molecule has 1 N–H and O–H groups in total. The predicted molar refractivity (Wildman–Crippen MR) is 95.2 cm³/mol. The summed E-state index contributed by atoms with van der Waals surface area (Å²) in [5, 5.41) is 36.9. The maximum absolute atomic E-state index is 11.1. The molecule has 0 saturated heterocycles. The smallest absolute Gasteiger partial charge is 0.311 e. The Labute approximate surface area is 151 Å². The molecule has 0 aliphatic rings. The molecule has 0 aliphatic carbocycles. The number of ether oxygens (including phenoxy) is 1. The number of nitrogens with zero attached hydrogens (tertiary/aromatic N) is 4. The Bertz CT molecular complexity index is 958. The number of nitro benzene ring substituents is 3. The van der Waals surface area contributed by atoms with Gasteiger partial charge in [0.1, 0.15) is 5.69 Å². The normalized spacial score (nSPS) is 11.0. The second kappa shape index (κ2) is 7.86. The van der Waals surface area contributed by atoms with Crippen molar-refractivity contribution in [1.29, 1.82) is 0 Å². The minimum atomic E-state index is -0.779. The Hall–Kier alpha value is -4.09. The summed E-state index contributed by atoms with van der Waals surface area (Å²) in [6.07, 6.45) is 0. The topological polar surface area (TPSA) is 163 Å². The van der Waals surface area contributed by atoms with Crippen LogP contribution in [-0.2, 0) is 0 Å². The molecule has 27 heavy (non-hydrogen) atoms. The van der Waals surface area contributed by atoms with E-state index in [0.717, 1.165) is 18.2 Å². The van der Waals surface area contributed by atoms with E-state index < -0.39 is 26.1 Å². The van der Waals surface area contributed by atoms with Gasteiger partial charge in [0.2, 0.25) is 0 Å². The van der Waals surface area contributed by atoms with Gasteiger partial charge in [-0.2, -0.15) is 5.10 Å². The van der Waals surface area contributed by atoms with E-state index in [1.807, 2.05) is 0 Å². The van der Waals surface area contributed by atoms with Gasteiger partial charge >= 0.3 is 11.4 Å². The minimum absolute atomic E-state index is 0.0621. The summed E-state index contributed by atoms with van der Waals surface area (Å²) < 4.78 is 4.92. The van der Waals surface area contributed by atoms with Gasteiger partial charge in [0.05, 0.1) is 33.7 Å². The molecule has 0 amide bonds. The third kappa shape index (κ3) is 4.31. The highest BCUT2D eigenvalue weighted by Gasteiger charge is 2.20. The lowest BCUT2D eigenvalue weighted by Crippen LogP contribution is -2.03. The predicted octanol–water partition coefficient (Wildman–Crippen LogP) is 3.26. The summed E-state index contributed by atoms with van der Waals surface area (Å²) in [6, 6.07) is 7.26. The third-order valence-electron chi connectivity index (χ3n) is 3.53. The van der Waals surface area contributed by atoms with Crippen molar-refractivity contribution >= 4 is 28.5 Å². The molecule has 0 spiro atoms. The van der Waals surface area contributed by atoms with E-state index in [9.17, 15) is 30.3 Å². The van der Waals surface area contributed by atoms with Gasteiger partial charge in [-0.3, -0.25) is 35.8 Å². The Morgan fingerprint density at radius 2 is 1.63 bits per heavy atom. The first-order valence-electron chi connectivity index (χ1n) is 7.30. The largest absolute Gasteiger partial charge is 0.490 e. The molecule has 2 rings (SSSR count). The molecule has 0 aliphatic heterocycles. The van der Waals surface area contributed by atoms with E-state index in [-0.39, 0.29) is 17.1 Å². The van der Waals surface area contributed by atoms with Crippen molar-refractivity contribution in [1.82, 2.24) is 0 Å². The van der Waals surface area contributed by atoms with Crippen molar-refractivity contribution < 1.29 is 19.5 Å². The van der Waals surface area contributed by atoms with Crippen LogP contribution >= 0.6 is 0 Å². The van der Waals surface area contributed by atoms with Crippen molar-refractivity contribution in [2.45, 2.75) is 6.92 Å². The maximum Gasteiger partial charge on any atom is 0.311 e. The SMILES string of the molecule is COc1ccc(/C(C)=N/Nc2ccc([N+](=O)[O-])cc2[N+](=O)[O-])cc1[N+](=O)[O-]. The summed E-state index contributed by atoms with van der Waals surface area (Å²) >= 11 is 0. The lowest BCUT2D eigenvalue weighted by Gasteiger charge is -2.06. The highest BCUT2D eigenvalue weighted by molar-refractivity contribution is 6.00. The number of benzene rings is 2. The van der Waals surface area contributed by atoms with Crippen LogP contribution in [-0.4, -0.2) is 27.6 Å². The van der Waals surface area contributed by atoms with Gasteiger partial charge < -0.3 is 4.74 Å². The molecule has 0 heterocycles. The Kier molecular flexibility index (Phi) is 5.60. The van der Waals surface area contributed by atoms with E-state index in [0.29, 0.717) is 11.3 Å². The van der Waals surface area contributed by atoms with Crippen LogP contribution in [0, 0.1) is 30.3 Å². The van der Waals surface area contributed by atoms with Crippen LogP contribution in [0.1, 0.15) is 12.5 Å². The molecule has 0 bridgehead atoms. The highest BCUT2D eigenvalue weighted by Crippen LogP contribution is 2.30. The number of rotatable bonds is 7. The first-order chi connectivity index (χ1) is 12.7. The molecule has 2 aromatic carbocycles. The summed E-state index contributed by atoms with van der Waals surface area (Å²) in [5.74, 6) is 0.0792. The summed E-state index contributed by atoms with van der Waals surface area (Å²) in [5.41, 5.74) is 1.87. The molecule has 0 aromatic heterocycles. The van der Waals surface area contributed by atoms with Gasteiger partial charge in [0, 0.05) is 17.7 Å². The van der Waals surface area contributed by atoms with E-state index in [1.165, 1.54) is 32.2 Å². The number of hydrogen-bond donors (Lipinski definition) is 1. The van der Waals surface area contributed by atoms with E-state index >= 15 is 0 Å². The van der Waals surface area contributed by atoms with Crippen molar-refractivity contribution in [3.05, 3.63) is 72.3 Å². The van der Waals surface area contributed by atoms with Crippen molar-refractivity contribution in [3.63, 3.8) is 0 Å². The van der Waals surface area contributed by atoms with Crippen LogP contribution in [0.15, 0.2) is 41.5 Å². The van der Waals surface area contributed by atoms with Gasteiger partial charge in [-0.15, -0.1) is 0 Å². The van der Waals surface area contributed by atoms with Crippen LogP contribution in [0.5, 0.6) is 5.75 Å². The standard InChI is InChI=1S/C15H13N5O7/c1-9(10-3-6-15(27-2)14(7-10)20(25)26)16-17-12-5-4-11(18(21)22)8-13(12)19(23)24/h3-8,17H,1-2H3/b16-9+. The zero-order valence-electron chi connectivity index (χ0n) is 14.1. The van der Waals surface area contributed by atoms with Gasteiger partial charge in [0.25, 0.3) is 5.69 Å². The number of nitrogens with one attached hydrogen (secondary N) is 1. The van der Waals surface area contributed by atoms with Crippen LogP contribution < -0.4 is 10.2 Å². The molecular weight excluding hydrogens is 362 g/mol. The van der Waals surface area contributed by atoms with Gasteiger partial charge in [-0.05, 0) is 25.1 Å². The van der Waals surface area contributed by atoms with E-state index in [2.05, 4.69) is 10.5 Å². The lowest BCUT2D eigenvalue weighted by atomic mass is 10.1. The monoisotopic (exact) mass is 375 g/mol. The molecular formula is C15H13N5O7. The summed E-state index contributed by atoms with van der Waals surface area (Å²) in [4.78, 5) is 30.8. The molecule has 0 radical (unpaired) electrons. The number of nitro groups is 3. The quantitative estimate of drug-likeness (QED) is 0.437. The minimum Gasteiger partial charge on any atom is -0.490 e. The molecule has 140 valence electrons. The fraction of sp³-hybridized carbons (Fsp3) is 0.133. The van der Waals surface area contributed by atoms with Gasteiger partial charge in [-0.1, -0.05) is 0 Å². The number of anilines is 1. The van der Waals surface area contributed by atoms with Crippen molar-refractivity contribution in [2.75, 3.05) is 12.5 Å². The molecule has 0 atom stereocenters. The second-order valence-corrected chi connectivity index (χ2v) is 5.17. The van der Waals surface area contributed by atoms with Crippen molar-refractivity contribution in [2.24, 2.45) is 5.10 Å². The average molecular weight is 375 g/mol. The fourth-order valence-electron chi connectivity index (χ4n) is 2.15. The third-order valence-corrected chi connectivity index (χ3v) is 3.53. The summed E-state index contributed by atoms with van der Waals surface area (Å²) in [7, 11) is 1.30.